The van der Waals surface area contributed by atoms with Crippen molar-refractivity contribution in [3.63, 3.8) is 0 Å². The fourth-order valence-electron chi connectivity index (χ4n) is 4.10. The Hall–Kier alpha value is -4.05. The van der Waals surface area contributed by atoms with Gasteiger partial charge in [-0.3, -0.25) is 14.4 Å². The summed E-state index contributed by atoms with van der Waals surface area (Å²) in [7, 11) is -2.97. The smallest absolute Gasteiger partial charge is 0.258 e. The Balaban J connectivity index is 1.36. The van der Waals surface area contributed by atoms with Crippen molar-refractivity contribution >= 4 is 62.2 Å². The highest BCUT2D eigenvalue weighted by molar-refractivity contribution is 7.93. The minimum absolute atomic E-state index is 0.123. The van der Waals surface area contributed by atoms with Crippen LogP contribution in [0.25, 0.3) is 11.1 Å². The van der Waals surface area contributed by atoms with Gasteiger partial charge in [-0.2, -0.15) is 4.36 Å². The van der Waals surface area contributed by atoms with E-state index in [9.17, 15) is 18.6 Å². The molecule has 1 aliphatic carbocycles. The lowest BCUT2D eigenvalue weighted by Crippen LogP contribution is -2.18. The van der Waals surface area contributed by atoms with Gasteiger partial charge < -0.3 is 10.6 Å². The number of carbonyl (C=O) groups is 3. The zero-order valence-electron chi connectivity index (χ0n) is 21.8. The summed E-state index contributed by atoms with van der Waals surface area (Å²) in [5.41, 5.74) is 2.11. The van der Waals surface area contributed by atoms with Crippen LogP contribution in [-0.4, -0.2) is 33.2 Å². The van der Waals surface area contributed by atoms with E-state index >= 15 is 0 Å². The summed E-state index contributed by atoms with van der Waals surface area (Å²) in [5, 5.41) is 6.17. The molecule has 8 nitrogen and oxygen atoms in total. The molecule has 11 heteroatoms. The van der Waals surface area contributed by atoms with E-state index in [-0.39, 0.29) is 28.9 Å². The molecule has 0 radical (unpaired) electrons. The molecule has 2 N–H and O–H groups in total. The number of anilines is 2. The van der Waals surface area contributed by atoms with Crippen LogP contribution in [0.1, 0.15) is 33.6 Å². The monoisotopic (exact) mass is 606 g/mol. The number of nitrogens with zero attached hydrogens (tertiary/aromatic N) is 2. The molecule has 1 unspecified atom stereocenters. The quantitative estimate of drug-likeness (QED) is 0.236. The molecular weight excluding hydrogens is 583 g/mol. The third kappa shape index (κ3) is 6.82. The molecule has 41 heavy (non-hydrogen) atoms. The summed E-state index contributed by atoms with van der Waals surface area (Å²) in [6.45, 7) is 0. The van der Waals surface area contributed by atoms with Crippen molar-refractivity contribution in [2.75, 3.05) is 16.9 Å². The molecule has 1 saturated carbocycles. The first-order valence-corrected chi connectivity index (χ1v) is 15.3. The lowest BCUT2D eigenvalue weighted by atomic mass is 10.0. The molecule has 0 aliphatic heterocycles. The number of halogens is 2. The van der Waals surface area contributed by atoms with Crippen LogP contribution in [0.5, 0.6) is 0 Å². The second-order valence-corrected chi connectivity index (χ2v) is 12.6. The summed E-state index contributed by atoms with van der Waals surface area (Å²) < 4.78 is 17.5. The minimum atomic E-state index is -2.97. The van der Waals surface area contributed by atoms with Gasteiger partial charge in [-0.05, 0) is 72.5 Å². The maximum absolute atomic E-state index is 13.4. The molecule has 0 bridgehead atoms. The minimum Gasteiger partial charge on any atom is -0.321 e. The van der Waals surface area contributed by atoms with Gasteiger partial charge >= 0.3 is 0 Å². The fraction of sp³-hybridized carbons (Fsp3) is 0.133. The van der Waals surface area contributed by atoms with Crippen molar-refractivity contribution in [3.8, 4) is 11.1 Å². The van der Waals surface area contributed by atoms with Crippen LogP contribution in [0.3, 0.4) is 0 Å². The molecule has 1 aromatic heterocycles. The number of carbonyl (C=O) groups excluding carboxylic acids is 3. The molecular formula is C30H24Cl2N4O4S. The predicted octanol–water partition coefficient (Wildman–Crippen LogP) is 6.95. The van der Waals surface area contributed by atoms with Gasteiger partial charge in [0.25, 0.3) is 17.7 Å². The number of hydrogen-bond donors (Lipinski definition) is 2. The average molecular weight is 608 g/mol. The van der Waals surface area contributed by atoms with E-state index in [1.807, 2.05) is 6.07 Å². The van der Waals surface area contributed by atoms with Gasteiger partial charge in [-0.1, -0.05) is 53.5 Å². The molecule has 3 amide bonds. The van der Waals surface area contributed by atoms with E-state index in [0.29, 0.717) is 31.6 Å². The normalized spacial score (nSPS) is 14.0. The van der Waals surface area contributed by atoms with Crippen LogP contribution in [0, 0.1) is 5.92 Å². The third-order valence-electron chi connectivity index (χ3n) is 6.39. The molecule has 1 heterocycles. The van der Waals surface area contributed by atoms with E-state index in [2.05, 4.69) is 20.0 Å². The summed E-state index contributed by atoms with van der Waals surface area (Å²) >= 11 is 12.0. The van der Waals surface area contributed by atoms with Crippen molar-refractivity contribution in [1.29, 1.82) is 0 Å². The lowest BCUT2D eigenvalue weighted by molar-refractivity contribution is -0.118. The van der Waals surface area contributed by atoms with Gasteiger partial charge in [-0.25, -0.2) is 9.19 Å². The first-order valence-electron chi connectivity index (χ1n) is 12.6. The van der Waals surface area contributed by atoms with Gasteiger partial charge in [0.1, 0.15) is 5.82 Å². The predicted molar refractivity (Wildman–Crippen MR) is 161 cm³/mol. The summed E-state index contributed by atoms with van der Waals surface area (Å²) in [6, 6.07) is 21.5. The van der Waals surface area contributed by atoms with Crippen molar-refractivity contribution in [2.45, 2.75) is 17.7 Å². The van der Waals surface area contributed by atoms with E-state index in [1.165, 1.54) is 18.5 Å². The highest BCUT2D eigenvalue weighted by atomic mass is 35.5. The number of hydrogen-bond acceptors (Lipinski definition) is 5. The molecule has 5 rings (SSSR count). The number of rotatable bonds is 7. The number of pyridine rings is 1. The molecule has 3 aromatic carbocycles. The number of benzene rings is 3. The van der Waals surface area contributed by atoms with Crippen LogP contribution in [0.15, 0.2) is 94.3 Å². The van der Waals surface area contributed by atoms with E-state index in [4.69, 9.17) is 23.2 Å². The highest BCUT2D eigenvalue weighted by Gasteiger charge is 2.30. The van der Waals surface area contributed by atoms with Crippen LogP contribution < -0.4 is 10.6 Å². The van der Waals surface area contributed by atoms with Crippen LogP contribution in [0.2, 0.25) is 10.0 Å². The van der Waals surface area contributed by atoms with E-state index in [0.717, 1.165) is 12.8 Å². The van der Waals surface area contributed by atoms with Crippen LogP contribution in [-0.2, 0) is 14.5 Å². The number of aromatic nitrogens is 1. The first-order chi connectivity index (χ1) is 19.6. The molecule has 4 aromatic rings. The van der Waals surface area contributed by atoms with Gasteiger partial charge in [0.15, 0.2) is 0 Å². The SMILES string of the molecule is CS(=O)(=NC(=O)C1CC1)c1ccccc1-c1ccc(C(=O)Nc2ccc(Cl)cc2C(=O)Nc2ccc(Cl)cn2)cc1. The Kier molecular flexibility index (Phi) is 8.21. The molecule has 0 saturated heterocycles. The Bertz CT molecular complexity index is 1780. The molecule has 208 valence electrons. The van der Waals surface area contributed by atoms with Gasteiger partial charge in [0, 0.05) is 29.0 Å². The summed E-state index contributed by atoms with van der Waals surface area (Å²) in [6.07, 6.45) is 4.44. The number of amides is 3. The van der Waals surface area contributed by atoms with Gasteiger partial charge in [0.2, 0.25) is 0 Å². The molecule has 1 aliphatic rings. The maximum atomic E-state index is 13.4. The molecule has 1 atom stereocenters. The molecule has 1 fully saturated rings. The van der Waals surface area contributed by atoms with Crippen molar-refractivity contribution < 1.29 is 18.6 Å². The van der Waals surface area contributed by atoms with Crippen LogP contribution in [0.4, 0.5) is 11.5 Å². The summed E-state index contributed by atoms with van der Waals surface area (Å²) in [4.78, 5) is 42.9. The van der Waals surface area contributed by atoms with E-state index in [1.54, 1.807) is 66.7 Å². The zero-order chi connectivity index (χ0) is 29.1. The average Bonchev–Trinajstić information content (AvgIpc) is 3.81. The first kappa shape index (κ1) is 28.5. The topological polar surface area (TPSA) is 118 Å². The summed E-state index contributed by atoms with van der Waals surface area (Å²) in [5.74, 6) is -1.12. The second kappa shape index (κ2) is 11.8. The second-order valence-electron chi connectivity index (χ2n) is 9.54. The Labute approximate surface area is 247 Å². The maximum Gasteiger partial charge on any atom is 0.258 e. The Morgan fingerprint density at radius 2 is 1.59 bits per heavy atom. The largest absolute Gasteiger partial charge is 0.321 e. The van der Waals surface area contributed by atoms with Crippen LogP contribution >= 0.6 is 23.2 Å². The lowest BCUT2D eigenvalue weighted by Gasteiger charge is -2.13. The van der Waals surface area contributed by atoms with E-state index < -0.39 is 21.5 Å². The van der Waals surface area contributed by atoms with Gasteiger partial charge in [0.05, 0.1) is 30.9 Å². The van der Waals surface area contributed by atoms with Crippen molar-refractivity contribution in [2.24, 2.45) is 10.3 Å². The highest BCUT2D eigenvalue weighted by Crippen LogP contribution is 2.33. The fourth-order valence-corrected chi connectivity index (χ4v) is 5.90. The molecule has 0 spiro atoms. The number of nitrogens with one attached hydrogen (secondary N) is 2. The zero-order valence-corrected chi connectivity index (χ0v) is 24.1. The third-order valence-corrected chi connectivity index (χ3v) is 8.55. The van der Waals surface area contributed by atoms with Crippen molar-refractivity contribution in [1.82, 2.24) is 4.98 Å². The standard InChI is InChI=1S/C30H24Cl2N4O4S/c1-41(40,36-29(38)20-10-11-20)26-5-3-2-4-23(26)18-6-8-19(9-7-18)28(37)34-25-14-12-21(31)16-24(25)30(39)35-27-15-13-22(32)17-33-27/h2-9,12-17,20H,10-11H2,1H3,(H,34,37)(H,33,35,39). The Morgan fingerprint density at radius 3 is 2.27 bits per heavy atom. The Morgan fingerprint density at radius 1 is 0.878 bits per heavy atom. The van der Waals surface area contributed by atoms with Crippen molar-refractivity contribution in [3.05, 3.63) is 106 Å². The van der Waals surface area contributed by atoms with Gasteiger partial charge in [-0.15, -0.1) is 0 Å².